The lowest BCUT2D eigenvalue weighted by molar-refractivity contribution is -0.154. The topological polar surface area (TPSA) is 70.8 Å². The van der Waals surface area contributed by atoms with Crippen molar-refractivity contribution in [3.8, 4) is 17.2 Å². The van der Waals surface area contributed by atoms with E-state index in [1.165, 1.54) is 12.1 Å². The number of carbonyl (C=O) groups is 1. The molecular weight excluding hydrogens is 439 g/mol. The molecular formula is C24H24F3NO5. The molecule has 176 valence electrons. The highest BCUT2D eigenvalue weighted by atomic mass is 19.4. The van der Waals surface area contributed by atoms with E-state index in [1.807, 2.05) is 30.3 Å². The summed E-state index contributed by atoms with van der Waals surface area (Å²) in [4.78, 5) is 16.3. The summed E-state index contributed by atoms with van der Waals surface area (Å²) < 4.78 is 62.3. The Kier molecular flexibility index (Phi) is 7.75. The molecule has 1 aromatic heterocycles. The zero-order valence-corrected chi connectivity index (χ0v) is 18.4. The quantitative estimate of drug-likeness (QED) is 0.398. The minimum Gasteiger partial charge on any atom is -0.487 e. The number of hydrogen-bond donors (Lipinski definition) is 0. The number of oxazole rings is 1. The van der Waals surface area contributed by atoms with Gasteiger partial charge in [-0.3, -0.25) is 0 Å². The van der Waals surface area contributed by atoms with E-state index in [0.717, 1.165) is 18.7 Å². The van der Waals surface area contributed by atoms with E-state index >= 15 is 0 Å². The monoisotopic (exact) mass is 463 g/mol. The summed E-state index contributed by atoms with van der Waals surface area (Å²) in [5.74, 6) is 0.198. The third-order valence-electron chi connectivity index (χ3n) is 4.91. The van der Waals surface area contributed by atoms with Gasteiger partial charge >= 0.3 is 12.1 Å². The number of aromatic nitrogens is 1. The fourth-order valence-corrected chi connectivity index (χ4v) is 3.25. The van der Waals surface area contributed by atoms with Crippen LogP contribution in [0.25, 0.3) is 11.5 Å². The van der Waals surface area contributed by atoms with Crippen LogP contribution in [-0.4, -0.2) is 30.8 Å². The average molecular weight is 463 g/mol. The van der Waals surface area contributed by atoms with Gasteiger partial charge in [-0.2, -0.15) is 13.2 Å². The van der Waals surface area contributed by atoms with Crippen molar-refractivity contribution in [2.75, 3.05) is 13.7 Å². The Morgan fingerprint density at radius 3 is 2.52 bits per heavy atom. The van der Waals surface area contributed by atoms with Crippen LogP contribution in [0.5, 0.6) is 5.75 Å². The summed E-state index contributed by atoms with van der Waals surface area (Å²) in [6.45, 7) is 3.45. The SMILES string of the molecule is CCOC(Cc1ccc(OCc2nc(-c3ccccc3)oc2C)cc1C(F)(F)F)C(=O)OC. The Bertz CT molecular complexity index is 1080. The molecule has 0 saturated heterocycles. The molecule has 0 fully saturated rings. The second kappa shape index (κ2) is 10.5. The zero-order valence-electron chi connectivity index (χ0n) is 18.4. The number of alkyl halides is 3. The van der Waals surface area contributed by atoms with Gasteiger partial charge in [0.2, 0.25) is 5.89 Å². The van der Waals surface area contributed by atoms with E-state index < -0.39 is 23.8 Å². The number of aryl methyl sites for hydroxylation is 1. The van der Waals surface area contributed by atoms with Crippen LogP contribution in [0.3, 0.4) is 0 Å². The van der Waals surface area contributed by atoms with Crippen molar-refractivity contribution >= 4 is 5.97 Å². The van der Waals surface area contributed by atoms with Crippen molar-refractivity contribution < 1.29 is 36.6 Å². The molecule has 6 nitrogen and oxygen atoms in total. The number of rotatable bonds is 9. The fraction of sp³-hybridized carbons (Fsp3) is 0.333. The van der Waals surface area contributed by atoms with Crippen LogP contribution in [0.4, 0.5) is 13.2 Å². The molecule has 0 aliphatic heterocycles. The second-order valence-corrected chi connectivity index (χ2v) is 7.16. The maximum atomic E-state index is 13.7. The van der Waals surface area contributed by atoms with Gasteiger partial charge in [0, 0.05) is 18.6 Å². The number of hydrogen-bond acceptors (Lipinski definition) is 6. The summed E-state index contributed by atoms with van der Waals surface area (Å²) >= 11 is 0. The first-order valence-electron chi connectivity index (χ1n) is 10.3. The number of methoxy groups -OCH3 is 1. The highest BCUT2D eigenvalue weighted by molar-refractivity contribution is 5.75. The van der Waals surface area contributed by atoms with Crippen molar-refractivity contribution in [3.63, 3.8) is 0 Å². The van der Waals surface area contributed by atoms with Gasteiger partial charge in [0.05, 0.1) is 12.7 Å². The van der Waals surface area contributed by atoms with Crippen LogP contribution >= 0.6 is 0 Å². The molecule has 0 aliphatic carbocycles. The molecule has 33 heavy (non-hydrogen) atoms. The molecule has 0 saturated carbocycles. The van der Waals surface area contributed by atoms with E-state index in [9.17, 15) is 18.0 Å². The molecule has 1 atom stereocenters. The van der Waals surface area contributed by atoms with E-state index in [-0.39, 0.29) is 30.9 Å². The number of ether oxygens (including phenoxy) is 3. The third kappa shape index (κ3) is 6.13. The minimum atomic E-state index is -4.65. The normalized spacial score (nSPS) is 12.4. The van der Waals surface area contributed by atoms with Crippen LogP contribution in [0.2, 0.25) is 0 Å². The van der Waals surface area contributed by atoms with Crippen molar-refractivity contribution in [1.29, 1.82) is 0 Å². The van der Waals surface area contributed by atoms with Gasteiger partial charge in [0.25, 0.3) is 0 Å². The van der Waals surface area contributed by atoms with Crippen LogP contribution in [0.15, 0.2) is 52.9 Å². The first kappa shape index (κ1) is 24.3. The summed E-state index contributed by atoms with van der Waals surface area (Å²) in [5.41, 5.74) is 0.261. The molecule has 0 radical (unpaired) electrons. The Hall–Kier alpha value is -3.33. The predicted octanol–water partition coefficient (Wildman–Crippen LogP) is 5.37. The van der Waals surface area contributed by atoms with Gasteiger partial charge in [0.1, 0.15) is 23.8 Å². The van der Waals surface area contributed by atoms with Crippen LogP contribution in [-0.2, 0) is 33.5 Å². The first-order valence-corrected chi connectivity index (χ1v) is 10.3. The molecule has 0 aliphatic rings. The number of benzene rings is 2. The fourth-order valence-electron chi connectivity index (χ4n) is 3.25. The van der Waals surface area contributed by atoms with Gasteiger partial charge in [-0.1, -0.05) is 24.3 Å². The number of esters is 1. The molecule has 1 unspecified atom stereocenters. The maximum Gasteiger partial charge on any atom is 0.416 e. The molecule has 1 heterocycles. The predicted molar refractivity (Wildman–Crippen MR) is 114 cm³/mol. The van der Waals surface area contributed by atoms with Gasteiger partial charge in [-0.05, 0) is 43.7 Å². The third-order valence-corrected chi connectivity index (χ3v) is 4.91. The van der Waals surface area contributed by atoms with Gasteiger partial charge in [0.15, 0.2) is 6.10 Å². The first-order chi connectivity index (χ1) is 15.7. The highest BCUT2D eigenvalue weighted by Crippen LogP contribution is 2.35. The van der Waals surface area contributed by atoms with E-state index in [1.54, 1.807) is 13.8 Å². The summed E-state index contributed by atoms with van der Waals surface area (Å²) in [6, 6.07) is 12.8. The Morgan fingerprint density at radius 1 is 1.15 bits per heavy atom. The molecule has 0 spiro atoms. The van der Waals surface area contributed by atoms with E-state index in [0.29, 0.717) is 17.3 Å². The lowest BCUT2D eigenvalue weighted by atomic mass is 10.0. The molecule has 9 heteroatoms. The highest BCUT2D eigenvalue weighted by Gasteiger charge is 2.35. The molecule has 3 rings (SSSR count). The van der Waals surface area contributed by atoms with Crippen molar-refractivity contribution in [2.24, 2.45) is 0 Å². The van der Waals surface area contributed by atoms with Crippen LogP contribution < -0.4 is 4.74 Å². The zero-order chi connectivity index (χ0) is 24.0. The van der Waals surface area contributed by atoms with E-state index in [2.05, 4.69) is 9.72 Å². The Labute approximate surface area is 189 Å². The minimum absolute atomic E-state index is 0.0146. The summed E-state index contributed by atoms with van der Waals surface area (Å²) in [7, 11) is 1.16. The Morgan fingerprint density at radius 2 is 1.88 bits per heavy atom. The van der Waals surface area contributed by atoms with Gasteiger partial charge in [-0.15, -0.1) is 0 Å². The number of carbonyl (C=O) groups excluding carboxylic acids is 1. The average Bonchev–Trinajstić information content (AvgIpc) is 3.17. The summed E-state index contributed by atoms with van der Waals surface area (Å²) in [6.07, 6.45) is -6.06. The molecule has 3 aromatic rings. The van der Waals surface area contributed by atoms with Gasteiger partial charge in [-0.25, -0.2) is 9.78 Å². The van der Waals surface area contributed by atoms with Crippen molar-refractivity contribution in [3.05, 3.63) is 71.1 Å². The second-order valence-electron chi connectivity index (χ2n) is 7.16. The molecule has 0 amide bonds. The van der Waals surface area contributed by atoms with Crippen molar-refractivity contribution in [2.45, 2.75) is 39.2 Å². The number of halogens is 3. The van der Waals surface area contributed by atoms with Crippen LogP contribution in [0.1, 0.15) is 29.5 Å². The van der Waals surface area contributed by atoms with E-state index in [4.69, 9.17) is 13.9 Å². The van der Waals surface area contributed by atoms with Crippen LogP contribution in [0, 0.1) is 6.92 Å². The molecule has 2 aromatic carbocycles. The molecule has 0 bridgehead atoms. The maximum absolute atomic E-state index is 13.7. The van der Waals surface area contributed by atoms with Crippen molar-refractivity contribution in [1.82, 2.24) is 4.98 Å². The standard InChI is InChI=1S/C24H24F3NO5/c1-4-31-21(23(29)30-3)12-17-10-11-18(13-19(17)24(25,26)27)32-14-20-15(2)33-22(28-20)16-8-6-5-7-9-16/h5-11,13,21H,4,12,14H2,1-3H3. The largest absolute Gasteiger partial charge is 0.487 e. The smallest absolute Gasteiger partial charge is 0.416 e. The summed E-state index contributed by atoms with van der Waals surface area (Å²) in [5, 5.41) is 0. The lowest BCUT2D eigenvalue weighted by Crippen LogP contribution is -2.29. The molecule has 0 N–H and O–H groups in total. The lowest BCUT2D eigenvalue weighted by Gasteiger charge is -2.19. The van der Waals surface area contributed by atoms with Gasteiger partial charge < -0.3 is 18.6 Å². The Balaban J connectivity index is 1.79. The number of nitrogens with zero attached hydrogens (tertiary/aromatic N) is 1.